The molecule has 0 bridgehead atoms. The van der Waals surface area contributed by atoms with Crippen LogP contribution < -0.4 is 10.1 Å². The number of halogens is 3. The van der Waals surface area contributed by atoms with Crippen molar-refractivity contribution in [3.05, 3.63) is 71.9 Å². The summed E-state index contributed by atoms with van der Waals surface area (Å²) in [6.07, 6.45) is 3.09. The molecule has 0 saturated carbocycles. The molecule has 5 rings (SSSR count). The number of benzene rings is 2. The van der Waals surface area contributed by atoms with Crippen molar-refractivity contribution in [2.75, 3.05) is 7.11 Å². The third kappa shape index (κ3) is 9.39. The number of ether oxygens (including phenoxy) is 1. The monoisotopic (exact) mass is 666 g/mol. The molecule has 5 aromatic rings. The molecule has 0 saturated heterocycles. The highest BCUT2D eigenvalue weighted by Gasteiger charge is 2.38. The number of amides is 1. The second kappa shape index (κ2) is 16.0. The Hall–Kier alpha value is -5.27. The number of para-hydroxylation sites is 2. The van der Waals surface area contributed by atoms with Gasteiger partial charge in [-0.05, 0) is 55.7 Å². The van der Waals surface area contributed by atoms with Crippen LogP contribution in [-0.4, -0.2) is 61.0 Å². The Balaban J connectivity index is 0.000000671. The van der Waals surface area contributed by atoms with Gasteiger partial charge in [0.05, 0.1) is 48.7 Å². The molecule has 3 heterocycles. The van der Waals surface area contributed by atoms with Crippen LogP contribution >= 0.6 is 0 Å². The predicted molar refractivity (Wildman–Crippen MR) is 173 cm³/mol. The summed E-state index contributed by atoms with van der Waals surface area (Å²) in [4.78, 5) is 54.7. The van der Waals surface area contributed by atoms with Gasteiger partial charge < -0.3 is 25.1 Å². The van der Waals surface area contributed by atoms with Crippen molar-refractivity contribution in [1.82, 2.24) is 30.2 Å². The molecule has 0 unspecified atom stereocenters. The van der Waals surface area contributed by atoms with Crippen LogP contribution in [0.4, 0.5) is 13.2 Å². The lowest BCUT2D eigenvalue weighted by molar-refractivity contribution is -0.192. The molecule has 0 aliphatic rings. The van der Waals surface area contributed by atoms with Crippen molar-refractivity contribution in [3.63, 3.8) is 0 Å². The van der Waals surface area contributed by atoms with E-state index in [0.717, 1.165) is 63.9 Å². The number of methoxy groups -OCH3 is 1. The summed E-state index contributed by atoms with van der Waals surface area (Å²) in [6, 6.07) is 13.2. The molecule has 0 aliphatic heterocycles. The SMILES string of the molecule is CCC(=O)CCCCC[C@H](NC(=O)Cc1c(C)[nH]c2ccc(OC)cc12)c1ncc(-c2cnc3ccccc3n2)[nH]1.O=C(O)C(F)(F)F. The third-order valence-electron chi connectivity index (χ3n) is 7.73. The first-order valence-corrected chi connectivity index (χ1v) is 15.4. The fraction of sp³-hybridized carbons (Fsp3) is 0.353. The highest BCUT2D eigenvalue weighted by atomic mass is 19.4. The summed E-state index contributed by atoms with van der Waals surface area (Å²) >= 11 is 0. The van der Waals surface area contributed by atoms with Gasteiger partial charge in [-0.3, -0.25) is 14.6 Å². The molecule has 1 amide bonds. The molecular weight excluding hydrogens is 629 g/mol. The van der Waals surface area contributed by atoms with Gasteiger partial charge in [-0.15, -0.1) is 0 Å². The predicted octanol–water partition coefficient (Wildman–Crippen LogP) is 6.78. The van der Waals surface area contributed by atoms with Crippen LogP contribution in [0, 0.1) is 6.92 Å². The zero-order chi connectivity index (χ0) is 34.8. The first-order chi connectivity index (χ1) is 22.9. The van der Waals surface area contributed by atoms with Crippen LogP contribution in [0.5, 0.6) is 5.75 Å². The van der Waals surface area contributed by atoms with Crippen LogP contribution in [0.25, 0.3) is 33.3 Å². The van der Waals surface area contributed by atoms with E-state index in [9.17, 15) is 22.8 Å². The van der Waals surface area contributed by atoms with Crippen molar-refractivity contribution < 1.29 is 37.4 Å². The fourth-order valence-electron chi connectivity index (χ4n) is 5.15. The molecule has 0 aliphatic carbocycles. The maximum atomic E-state index is 13.4. The Morgan fingerprint density at radius 3 is 2.42 bits per heavy atom. The Kier molecular flexibility index (Phi) is 11.9. The molecule has 3 aromatic heterocycles. The Morgan fingerprint density at radius 1 is 1.00 bits per heavy atom. The molecular formula is C34H37F3N6O5. The number of aliphatic carboxylic acids is 1. The second-order valence-corrected chi connectivity index (χ2v) is 11.2. The van der Waals surface area contributed by atoms with Crippen molar-refractivity contribution in [1.29, 1.82) is 0 Å². The minimum atomic E-state index is -5.08. The third-order valence-corrected chi connectivity index (χ3v) is 7.73. The zero-order valence-electron chi connectivity index (χ0n) is 26.8. The largest absolute Gasteiger partial charge is 0.497 e. The Labute approximate surface area is 274 Å². The smallest absolute Gasteiger partial charge is 0.490 e. The van der Waals surface area contributed by atoms with E-state index in [-0.39, 0.29) is 24.2 Å². The number of hydrogen-bond acceptors (Lipinski definition) is 7. The minimum Gasteiger partial charge on any atom is -0.497 e. The quantitative estimate of drug-likeness (QED) is 0.1000. The summed E-state index contributed by atoms with van der Waals surface area (Å²) < 4.78 is 37.1. The van der Waals surface area contributed by atoms with E-state index in [2.05, 4.69) is 25.3 Å². The number of imidazole rings is 1. The average Bonchev–Trinajstić information content (AvgIpc) is 3.68. The molecule has 1 atom stereocenters. The van der Waals surface area contributed by atoms with Crippen LogP contribution in [0.1, 0.15) is 68.6 Å². The number of nitrogens with zero attached hydrogens (tertiary/aromatic N) is 3. The number of H-pyrrole nitrogens is 2. The van der Waals surface area contributed by atoms with Crippen molar-refractivity contribution in [2.45, 2.75) is 71.0 Å². The van der Waals surface area contributed by atoms with Gasteiger partial charge in [0.2, 0.25) is 5.91 Å². The van der Waals surface area contributed by atoms with Crippen LogP contribution in [0.3, 0.4) is 0 Å². The zero-order valence-corrected chi connectivity index (χ0v) is 26.8. The standard InChI is InChI=1S/C32H36N6O3.C2HF3O2/c1-4-21(39)10-6-5-7-13-28(32-34-19-30(38-32)29-18-33-26-11-8-9-12-27(26)36-29)37-31(40)17-23-20(2)35-25-15-14-22(41-3)16-24(23)25;3-2(4,5)1(6)7/h8-9,11-12,14-16,18-19,28,35H,4-7,10,13,17H2,1-3H3,(H,34,38)(H,37,40);(H,6,7)/t28-;/m0./s1. The Bertz CT molecular complexity index is 1880. The Morgan fingerprint density at radius 2 is 1.73 bits per heavy atom. The van der Waals surface area contributed by atoms with Gasteiger partial charge in [0.15, 0.2) is 0 Å². The summed E-state index contributed by atoms with van der Waals surface area (Å²) in [7, 11) is 1.64. The van der Waals surface area contributed by atoms with Crippen LogP contribution in [0.15, 0.2) is 54.9 Å². The van der Waals surface area contributed by atoms with E-state index in [1.807, 2.05) is 56.3 Å². The lowest BCUT2D eigenvalue weighted by Crippen LogP contribution is -2.30. The van der Waals surface area contributed by atoms with Gasteiger partial charge in [0, 0.05) is 29.4 Å². The van der Waals surface area contributed by atoms with E-state index in [1.165, 1.54) is 0 Å². The number of carboxylic acid groups (broad SMARTS) is 1. The molecule has 0 spiro atoms. The number of carboxylic acids is 1. The second-order valence-electron chi connectivity index (χ2n) is 11.2. The highest BCUT2D eigenvalue weighted by Crippen LogP contribution is 2.28. The van der Waals surface area contributed by atoms with Gasteiger partial charge in [0.25, 0.3) is 0 Å². The number of unbranched alkanes of at least 4 members (excludes halogenated alkanes) is 2. The van der Waals surface area contributed by atoms with Crippen LogP contribution in [-0.2, 0) is 20.8 Å². The van der Waals surface area contributed by atoms with E-state index in [4.69, 9.17) is 19.6 Å². The van der Waals surface area contributed by atoms with Gasteiger partial charge in [-0.25, -0.2) is 14.8 Å². The van der Waals surface area contributed by atoms with Gasteiger partial charge >= 0.3 is 12.1 Å². The fourth-order valence-corrected chi connectivity index (χ4v) is 5.15. The lowest BCUT2D eigenvalue weighted by Gasteiger charge is -2.17. The maximum Gasteiger partial charge on any atom is 0.490 e. The van der Waals surface area contributed by atoms with Crippen LogP contribution in [0.2, 0.25) is 0 Å². The normalized spacial score (nSPS) is 12.0. The number of carbonyl (C=O) groups excluding carboxylic acids is 2. The number of aromatic amines is 2. The molecule has 0 fully saturated rings. The number of fused-ring (bicyclic) bond motifs is 2. The van der Waals surface area contributed by atoms with E-state index in [1.54, 1.807) is 19.5 Å². The van der Waals surface area contributed by atoms with E-state index in [0.29, 0.717) is 30.8 Å². The average molecular weight is 667 g/mol. The molecule has 14 heteroatoms. The summed E-state index contributed by atoms with van der Waals surface area (Å²) in [6.45, 7) is 3.88. The maximum absolute atomic E-state index is 13.4. The number of aryl methyl sites for hydroxylation is 1. The number of ketones is 1. The number of nitrogens with one attached hydrogen (secondary N) is 3. The van der Waals surface area contributed by atoms with Gasteiger partial charge in [-0.2, -0.15) is 13.2 Å². The van der Waals surface area contributed by atoms with Crippen molar-refractivity contribution >= 4 is 39.6 Å². The van der Waals surface area contributed by atoms with E-state index < -0.39 is 12.1 Å². The molecule has 48 heavy (non-hydrogen) atoms. The van der Waals surface area contributed by atoms with Gasteiger partial charge in [-0.1, -0.05) is 31.9 Å². The molecule has 254 valence electrons. The summed E-state index contributed by atoms with van der Waals surface area (Å²) in [5, 5.41) is 11.3. The van der Waals surface area contributed by atoms with Crippen molar-refractivity contribution in [2.24, 2.45) is 0 Å². The molecule has 11 nitrogen and oxygen atoms in total. The topological polar surface area (TPSA) is 163 Å². The number of alkyl halides is 3. The molecule has 4 N–H and O–H groups in total. The number of hydrogen-bond donors (Lipinski definition) is 4. The first-order valence-electron chi connectivity index (χ1n) is 15.4. The number of Topliss-reactive ketones (excluding diaryl/α,β-unsaturated/α-hetero) is 1. The lowest BCUT2D eigenvalue weighted by atomic mass is 10.0. The van der Waals surface area contributed by atoms with Gasteiger partial charge in [0.1, 0.15) is 23.1 Å². The molecule has 2 aromatic carbocycles. The summed E-state index contributed by atoms with van der Waals surface area (Å²) in [5.74, 6) is -1.14. The van der Waals surface area contributed by atoms with Crippen molar-refractivity contribution in [3.8, 4) is 17.1 Å². The highest BCUT2D eigenvalue weighted by molar-refractivity contribution is 5.91. The molecule has 0 radical (unpaired) electrons. The number of aromatic nitrogens is 5. The first kappa shape index (κ1) is 35.6. The summed E-state index contributed by atoms with van der Waals surface area (Å²) in [5.41, 5.74) is 5.93. The minimum absolute atomic E-state index is 0.0913. The number of carbonyl (C=O) groups is 3. The van der Waals surface area contributed by atoms with E-state index >= 15 is 0 Å². The number of rotatable bonds is 13.